The van der Waals surface area contributed by atoms with E-state index in [9.17, 15) is 4.79 Å². The Morgan fingerprint density at radius 1 is 1.69 bits per heavy atom. The highest BCUT2D eigenvalue weighted by Crippen LogP contribution is 2.15. The van der Waals surface area contributed by atoms with Crippen molar-refractivity contribution in [3.8, 4) is 11.8 Å². The lowest BCUT2D eigenvalue weighted by Crippen LogP contribution is -2.05. The lowest BCUT2D eigenvalue weighted by Gasteiger charge is -2.00. The summed E-state index contributed by atoms with van der Waals surface area (Å²) in [5.41, 5.74) is -0.195. The molecule has 0 aromatic carbocycles. The predicted molar refractivity (Wildman–Crippen MR) is 42.0 cm³/mol. The molecule has 1 aromatic heterocycles. The standard InChI is InChI=1S/C8H6N2O3/c1-13-8(12)7-6(11)3-2-5(4-9)10-7/h2-3,11H,1H3. The second-order valence-corrected chi connectivity index (χ2v) is 2.17. The smallest absolute Gasteiger partial charge is 0.360 e. The van der Waals surface area contributed by atoms with Crippen molar-refractivity contribution in [2.24, 2.45) is 0 Å². The molecule has 1 N–H and O–H groups in total. The average Bonchev–Trinajstić information content (AvgIpc) is 2.17. The second kappa shape index (κ2) is 3.54. The number of aromatic hydroxyl groups is 1. The normalized spacial score (nSPS) is 8.92. The maximum absolute atomic E-state index is 10.9. The summed E-state index contributed by atoms with van der Waals surface area (Å²) in [7, 11) is 1.17. The molecule has 0 aliphatic heterocycles. The monoisotopic (exact) mass is 178 g/mol. The fourth-order valence-electron chi connectivity index (χ4n) is 0.761. The number of rotatable bonds is 1. The van der Waals surface area contributed by atoms with Crippen LogP contribution in [0.3, 0.4) is 0 Å². The number of methoxy groups -OCH3 is 1. The Morgan fingerprint density at radius 3 is 2.92 bits per heavy atom. The highest BCUT2D eigenvalue weighted by Gasteiger charge is 2.13. The highest BCUT2D eigenvalue weighted by molar-refractivity contribution is 5.90. The van der Waals surface area contributed by atoms with Crippen LogP contribution in [0.4, 0.5) is 0 Å². The first kappa shape index (κ1) is 9.00. The summed E-state index contributed by atoms with van der Waals surface area (Å²) >= 11 is 0. The number of carbonyl (C=O) groups is 1. The lowest BCUT2D eigenvalue weighted by molar-refractivity contribution is 0.0590. The molecular formula is C8H6N2O3. The van der Waals surface area contributed by atoms with Gasteiger partial charge in [-0.15, -0.1) is 0 Å². The maximum atomic E-state index is 10.9. The van der Waals surface area contributed by atoms with E-state index in [0.29, 0.717) is 0 Å². The third-order valence-electron chi connectivity index (χ3n) is 1.37. The summed E-state index contributed by atoms with van der Waals surface area (Å²) in [5, 5.41) is 17.6. The van der Waals surface area contributed by atoms with E-state index in [1.165, 1.54) is 19.2 Å². The van der Waals surface area contributed by atoms with Gasteiger partial charge in [-0.05, 0) is 12.1 Å². The molecule has 13 heavy (non-hydrogen) atoms. The first-order valence-corrected chi connectivity index (χ1v) is 3.37. The topological polar surface area (TPSA) is 83.2 Å². The van der Waals surface area contributed by atoms with Gasteiger partial charge >= 0.3 is 5.97 Å². The van der Waals surface area contributed by atoms with Crippen LogP contribution in [0.1, 0.15) is 16.2 Å². The number of carbonyl (C=O) groups excluding carboxylic acids is 1. The van der Waals surface area contributed by atoms with Crippen molar-refractivity contribution in [1.82, 2.24) is 4.98 Å². The zero-order chi connectivity index (χ0) is 9.84. The number of esters is 1. The summed E-state index contributed by atoms with van der Waals surface area (Å²) in [4.78, 5) is 14.5. The van der Waals surface area contributed by atoms with Crippen molar-refractivity contribution >= 4 is 5.97 Å². The van der Waals surface area contributed by atoms with Gasteiger partial charge in [0.25, 0.3) is 0 Å². The number of aromatic nitrogens is 1. The predicted octanol–water partition coefficient (Wildman–Crippen LogP) is 0.445. The Kier molecular flexibility index (Phi) is 2.45. The molecule has 66 valence electrons. The fourth-order valence-corrected chi connectivity index (χ4v) is 0.761. The Hall–Kier alpha value is -2.09. The molecule has 0 fully saturated rings. The molecule has 0 spiro atoms. The van der Waals surface area contributed by atoms with Crippen LogP contribution in [0.2, 0.25) is 0 Å². The average molecular weight is 178 g/mol. The molecule has 0 amide bonds. The number of pyridine rings is 1. The molecule has 1 rings (SSSR count). The highest BCUT2D eigenvalue weighted by atomic mass is 16.5. The van der Waals surface area contributed by atoms with Crippen LogP contribution in [0.5, 0.6) is 5.75 Å². The number of ether oxygens (including phenoxy) is 1. The Balaban J connectivity index is 3.20. The Morgan fingerprint density at radius 2 is 2.38 bits per heavy atom. The van der Waals surface area contributed by atoms with Crippen molar-refractivity contribution in [3.63, 3.8) is 0 Å². The van der Waals surface area contributed by atoms with Crippen LogP contribution in [0.25, 0.3) is 0 Å². The molecule has 0 bridgehead atoms. The van der Waals surface area contributed by atoms with Gasteiger partial charge in [-0.3, -0.25) is 0 Å². The van der Waals surface area contributed by atoms with Gasteiger partial charge in [0.1, 0.15) is 17.5 Å². The van der Waals surface area contributed by atoms with E-state index in [4.69, 9.17) is 10.4 Å². The minimum Gasteiger partial charge on any atom is -0.505 e. The number of nitriles is 1. The summed E-state index contributed by atoms with van der Waals surface area (Å²) in [5.74, 6) is -1.07. The maximum Gasteiger partial charge on any atom is 0.360 e. The first-order valence-electron chi connectivity index (χ1n) is 3.37. The number of nitrogens with zero attached hydrogens (tertiary/aromatic N) is 2. The minimum absolute atomic E-state index is 0.0539. The van der Waals surface area contributed by atoms with E-state index in [-0.39, 0.29) is 17.1 Å². The largest absolute Gasteiger partial charge is 0.505 e. The van der Waals surface area contributed by atoms with Gasteiger partial charge in [0.05, 0.1) is 7.11 Å². The van der Waals surface area contributed by atoms with Gasteiger partial charge in [0, 0.05) is 0 Å². The Bertz CT molecular complexity index is 381. The van der Waals surface area contributed by atoms with Crippen LogP contribution in [-0.2, 0) is 4.74 Å². The van der Waals surface area contributed by atoms with Crippen LogP contribution in [0.15, 0.2) is 12.1 Å². The number of hydrogen-bond acceptors (Lipinski definition) is 5. The van der Waals surface area contributed by atoms with Gasteiger partial charge in [-0.1, -0.05) is 0 Å². The SMILES string of the molecule is COC(=O)c1nc(C#N)ccc1O. The summed E-state index contributed by atoms with van der Waals surface area (Å²) in [6.45, 7) is 0. The first-order chi connectivity index (χ1) is 6.19. The zero-order valence-electron chi connectivity index (χ0n) is 6.81. The zero-order valence-corrected chi connectivity index (χ0v) is 6.81. The molecule has 5 nitrogen and oxygen atoms in total. The van der Waals surface area contributed by atoms with Crippen molar-refractivity contribution < 1.29 is 14.6 Å². The molecule has 0 saturated heterocycles. The van der Waals surface area contributed by atoms with Crippen LogP contribution in [0, 0.1) is 11.3 Å². The molecule has 5 heteroatoms. The van der Waals surface area contributed by atoms with Crippen molar-refractivity contribution in [2.75, 3.05) is 7.11 Å². The van der Waals surface area contributed by atoms with Crippen molar-refractivity contribution in [2.45, 2.75) is 0 Å². The minimum atomic E-state index is -0.769. The molecule has 1 heterocycles. The quantitative estimate of drug-likeness (QED) is 0.631. The van der Waals surface area contributed by atoms with E-state index in [1.54, 1.807) is 6.07 Å². The molecule has 0 saturated carbocycles. The van der Waals surface area contributed by atoms with Crippen LogP contribution < -0.4 is 0 Å². The molecule has 0 aliphatic rings. The van der Waals surface area contributed by atoms with Crippen molar-refractivity contribution in [1.29, 1.82) is 5.26 Å². The van der Waals surface area contributed by atoms with Crippen LogP contribution in [-0.4, -0.2) is 23.2 Å². The Labute approximate surface area is 74.2 Å². The summed E-state index contributed by atoms with van der Waals surface area (Å²) in [6, 6.07) is 4.27. The third kappa shape index (κ3) is 1.73. The summed E-state index contributed by atoms with van der Waals surface area (Å²) < 4.78 is 4.35. The molecule has 0 unspecified atom stereocenters. The van der Waals surface area contributed by atoms with E-state index < -0.39 is 5.97 Å². The molecule has 0 radical (unpaired) electrons. The molecular weight excluding hydrogens is 172 g/mol. The number of hydrogen-bond donors (Lipinski definition) is 1. The van der Waals surface area contributed by atoms with Gasteiger partial charge in [0.2, 0.25) is 0 Å². The van der Waals surface area contributed by atoms with E-state index >= 15 is 0 Å². The van der Waals surface area contributed by atoms with Gasteiger partial charge in [-0.2, -0.15) is 5.26 Å². The third-order valence-corrected chi connectivity index (χ3v) is 1.37. The fraction of sp³-hybridized carbons (Fsp3) is 0.125. The molecule has 0 aliphatic carbocycles. The van der Waals surface area contributed by atoms with Gasteiger partial charge in [-0.25, -0.2) is 9.78 Å². The molecule has 0 atom stereocenters. The van der Waals surface area contributed by atoms with E-state index in [0.717, 1.165) is 0 Å². The van der Waals surface area contributed by atoms with Gasteiger partial charge in [0.15, 0.2) is 5.69 Å². The summed E-state index contributed by atoms with van der Waals surface area (Å²) in [6.07, 6.45) is 0. The lowest BCUT2D eigenvalue weighted by atomic mass is 10.3. The van der Waals surface area contributed by atoms with Crippen molar-refractivity contribution in [3.05, 3.63) is 23.5 Å². The molecule has 1 aromatic rings. The van der Waals surface area contributed by atoms with E-state index in [2.05, 4.69) is 9.72 Å². The van der Waals surface area contributed by atoms with Gasteiger partial charge < -0.3 is 9.84 Å². The van der Waals surface area contributed by atoms with Crippen LogP contribution >= 0.6 is 0 Å². The second-order valence-electron chi connectivity index (χ2n) is 2.17. The van der Waals surface area contributed by atoms with E-state index in [1.807, 2.05) is 0 Å².